The number of pyridine rings is 1. The van der Waals surface area contributed by atoms with Gasteiger partial charge in [-0.2, -0.15) is 0 Å². The number of nitrogens with one attached hydrogen (secondary N) is 1. The summed E-state index contributed by atoms with van der Waals surface area (Å²) in [6, 6.07) is 2.32. The average Bonchev–Trinajstić information content (AvgIpc) is 1.94. The van der Waals surface area contributed by atoms with Gasteiger partial charge in [-0.15, -0.1) is 0 Å². The normalized spacial score (nSPS) is 10.3. The third-order valence-electron chi connectivity index (χ3n) is 1.52. The molecule has 0 radical (unpaired) electrons. The largest absolute Gasteiger partial charge is 0.397 e. The fourth-order valence-corrected chi connectivity index (χ4v) is 1.02. The Balaban J connectivity index is 2.86. The average molecular weight is 165 g/mol. The second-order valence-corrected chi connectivity index (χ2v) is 3.23. The maximum atomic E-state index is 5.57. The van der Waals surface area contributed by atoms with Crippen LogP contribution in [0.2, 0.25) is 0 Å². The molecule has 1 aromatic rings. The van der Waals surface area contributed by atoms with Gasteiger partial charge in [0.1, 0.15) is 5.82 Å². The van der Waals surface area contributed by atoms with Crippen molar-refractivity contribution in [3.8, 4) is 0 Å². The highest BCUT2D eigenvalue weighted by molar-refractivity contribution is 5.50. The molecule has 1 aromatic heterocycles. The zero-order chi connectivity index (χ0) is 9.14. The van der Waals surface area contributed by atoms with Crippen LogP contribution in [0.3, 0.4) is 0 Å². The number of nitrogen functional groups attached to an aromatic ring is 1. The van der Waals surface area contributed by atoms with Gasteiger partial charge < -0.3 is 11.1 Å². The number of nitrogens with two attached hydrogens (primary N) is 1. The zero-order valence-electron chi connectivity index (χ0n) is 7.76. The predicted molar refractivity (Wildman–Crippen MR) is 52.1 cm³/mol. The summed E-state index contributed by atoms with van der Waals surface area (Å²) in [5.41, 5.74) is 7.36. The van der Waals surface area contributed by atoms with Crippen molar-refractivity contribution in [1.29, 1.82) is 0 Å². The Labute approximate surface area is 73.0 Å². The maximum absolute atomic E-state index is 5.57. The third-order valence-corrected chi connectivity index (χ3v) is 1.52. The summed E-state index contributed by atoms with van der Waals surface area (Å²) in [7, 11) is 0. The topological polar surface area (TPSA) is 50.9 Å². The molecule has 0 spiro atoms. The Morgan fingerprint density at radius 2 is 2.17 bits per heavy atom. The van der Waals surface area contributed by atoms with Gasteiger partial charge in [-0.3, -0.25) is 0 Å². The van der Waals surface area contributed by atoms with Gasteiger partial charge in [-0.05, 0) is 32.4 Å². The molecular weight excluding hydrogens is 150 g/mol. The number of anilines is 2. The molecule has 1 heterocycles. The smallest absolute Gasteiger partial charge is 0.129 e. The monoisotopic (exact) mass is 165 g/mol. The van der Waals surface area contributed by atoms with Crippen LogP contribution < -0.4 is 11.1 Å². The van der Waals surface area contributed by atoms with E-state index in [9.17, 15) is 0 Å². The predicted octanol–water partition coefficient (Wildman–Crippen LogP) is 1.79. The summed E-state index contributed by atoms with van der Waals surface area (Å²) < 4.78 is 0. The molecule has 0 atom stereocenters. The van der Waals surface area contributed by atoms with Gasteiger partial charge in [-0.1, -0.05) is 0 Å². The van der Waals surface area contributed by atoms with Crippen molar-refractivity contribution >= 4 is 11.5 Å². The van der Waals surface area contributed by atoms with Crippen molar-refractivity contribution < 1.29 is 0 Å². The highest BCUT2D eigenvalue weighted by atomic mass is 15.0. The standard InChI is InChI=1S/C9H15N3/c1-6(2)12-9-7(3)4-8(10)5-11-9/h4-6H,10H2,1-3H3,(H,11,12). The van der Waals surface area contributed by atoms with Crippen molar-refractivity contribution in [2.75, 3.05) is 11.1 Å². The lowest BCUT2D eigenvalue weighted by atomic mass is 10.2. The number of hydrogen-bond acceptors (Lipinski definition) is 3. The summed E-state index contributed by atoms with van der Waals surface area (Å²) in [6.07, 6.45) is 1.66. The first-order chi connectivity index (χ1) is 5.59. The number of nitrogens with zero attached hydrogens (tertiary/aromatic N) is 1. The first-order valence-corrected chi connectivity index (χ1v) is 4.08. The number of hydrogen-bond donors (Lipinski definition) is 2. The lowest BCUT2D eigenvalue weighted by molar-refractivity contribution is 0.886. The molecule has 0 aromatic carbocycles. The van der Waals surface area contributed by atoms with Crippen LogP contribution in [0, 0.1) is 6.92 Å². The minimum Gasteiger partial charge on any atom is -0.397 e. The molecule has 3 N–H and O–H groups in total. The molecule has 0 aliphatic heterocycles. The van der Waals surface area contributed by atoms with Gasteiger partial charge in [-0.25, -0.2) is 4.98 Å². The van der Waals surface area contributed by atoms with Crippen molar-refractivity contribution in [1.82, 2.24) is 4.98 Å². The highest BCUT2D eigenvalue weighted by Crippen LogP contribution is 2.14. The summed E-state index contributed by atoms with van der Waals surface area (Å²) in [5, 5.41) is 3.23. The fourth-order valence-electron chi connectivity index (χ4n) is 1.02. The molecule has 0 aliphatic rings. The van der Waals surface area contributed by atoms with E-state index >= 15 is 0 Å². The molecule has 0 saturated heterocycles. The van der Waals surface area contributed by atoms with Gasteiger partial charge in [0.15, 0.2) is 0 Å². The van der Waals surface area contributed by atoms with Crippen LogP contribution >= 0.6 is 0 Å². The van der Waals surface area contributed by atoms with E-state index in [1.165, 1.54) is 0 Å². The number of aryl methyl sites for hydroxylation is 1. The molecule has 0 fully saturated rings. The van der Waals surface area contributed by atoms with E-state index in [1.807, 2.05) is 13.0 Å². The van der Waals surface area contributed by atoms with Crippen molar-refractivity contribution in [3.05, 3.63) is 17.8 Å². The highest BCUT2D eigenvalue weighted by Gasteiger charge is 2.00. The molecule has 0 bridgehead atoms. The number of rotatable bonds is 2. The Morgan fingerprint density at radius 1 is 1.50 bits per heavy atom. The van der Waals surface area contributed by atoms with E-state index in [1.54, 1.807) is 6.20 Å². The van der Waals surface area contributed by atoms with E-state index in [0.717, 1.165) is 11.4 Å². The van der Waals surface area contributed by atoms with E-state index < -0.39 is 0 Å². The maximum Gasteiger partial charge on any atom is 0.129 e. The minimum atomic E-state index is 0.403. The Hall–Kier alpha value is -1.25. The van der Waals surface area contributed by atoms with Crippen molar-refractivity contribution in [2.45, 2.75) is 26.8 Å². The molecule has 0 aliphatic carbocycles. The Morgan fingerprint density at radius 3 is 2.67 bits per heavy atom. The molecule has 1 rings (SSSR count). The molecule has 0 saturated carbocycles. The number of aromatic nitrogens is 1. The summed E-state index contributed by atoms with van der Waals surface area (Å²) in [5.74, 6) is 0.916. The minimum absolute atomic E-state index is 0.403. The summed E-state index contributed by atoms with van der Waals surface area (Å²) in [6.45, 7) is 6.16. The van der Waals surface area contributed by atoms with Gasteiger partial charge in [0.25, 0.3) is 0 Å². The molecule has 12 heavy (non-hydrogen) atoms. The van der Waals surface area contributed by atoms with Crippen molar-refractivity contribution in [2.24, 2.45) is 0 Å². The van der Waals surface area contributed by atoms with Crippen LogP contribution in [0.25, 0.3) is 0 Å². The van der Waals surface area contributed by atoms with Crippen molar-refractivity contribution in [3.63, 3.8) is 0 Å². The van der Waals surface area contributed by atoms with Gasteiger partial charge in [0, 0.05) is 6.04 Å². The van der Waals surface area contributed by atoms with E-state index in [2.05, 4.69) is 24.1 Å². The van der Waals surface area contributed by atoms with Gasteiger partial charge in [0.05, 0.1) is 11.9 Å². The summed E-state index contributed by atoms with van der Waals surface area (Å²) in [4.78, 5) is 4.18. The van der Waals surface area contributed by atoms with Crippen LogP contribution in [-0.4, -0.2) is 11.0 Å². The van der Waals surface area contributed by atoms with Crippen LogP contribution in [-0.2, 0) is 0 Å². The quantitative estimate of drug-likeness (QED) is 0.702. The molecule has 66 valence electrons. The SMILES string of the molecule is Cc1cc(N)cnc1NC(C)C. The second-order valence-electron chi connectivity index (χ2n) is 3.23. The lowest BCUT2D eigenvalue weighted by Crippen LogP contribution is -2.12. The van der Waals surface area contributed by atoms with Crippen LogP contribution in [0.15, 0.2) is 12.3 Å². The van der Waals surface area contributed by atoms with E-state index in [4.69, 9.17) is 5.73 Å². The fraction of sp³-hybridized carbons (Fsp3) is 0.444. The van der Waals surface area contributed by atoms with Gasteiger partial charge >= 0.3 is 0 Å². The Bertz CT molecular complexity index is 268. The lowest BCUT2D eigenvalue weighted by Gasteiger charge is -2.11. The molecular formula is C9H15N3. The van der Waals surface area contributed by atoms with E-state index in [-0.39, 0.29) is 0 Å². The van der Waals surface area contributed by atoms with Crippen LogP contribution in [0.1, 0.15) is 19.4 Å². The zero-order valence-corrected chi connectivity index (χ0v) is 7.76. The molecule has 3 nitrogen and oxygen atoms in total. The molecule has 0 unspecified atom stereocenters. The second kappa shape index (κ2) is 3.43. The third kappa shape index (κ3) is 2.12. The first-order valence-electron chi connectivity index (χ1n) is 4.08. The van der Waals surface area contributed by atoms with Gasteiger partial charge in [0.2, 0.25) is 0 Å². The molecule has 3 heteroatoms. The summed E-state index contributed by atoms with van der Waals surface area (Å²) >= 11 is 0. The molecule has 0 amide bonds. The Kier molecular flexibility index (Phi) is 2.53. The van der Waals surface area contributed by atoms with E-state index in [0.29, 0.717) is 11.7 Å². The van der Waals surface area contributed by atoms with Crippen LogP contribution in [0.4, 0.5) is 11.5 Å². The van der Waals surface area contributed by atoms with Crippen LogP contribution in [0.5, 0.6) is 0 Å². The first kappa shape index (κ1) is 8.84.